The Balaban J connectivity index is 2.08. The predicted molar refractivity (Wildman–Crippen MR) is 91.0 cm³/mol. The summed E-state index contributed by atoms with van der Waals surface area (Å²) in [7, 11) is -3.75. The lowest BCUT2D eigenvalue weighted by Gasteiger charge is -2.15. The number of amides is 1. The third-order valence-electron chi connectivity index (χ3n) is 3.23. The first-order valence-corrected chi connectivity index (χ1v) is 8.80. The Labute approximate surface area is 140 Å². The minimum absolute atomic E-state index is 0.113. The highest BCUT2D eigenvalue weighted by Crippen LogP contribution is 2.19. The first kappa shape index (κ1) is 17.5. The maximum atomic E-state index is 12.2. The molecule has 0 spiro atoms. The number of halogens is 1. The van der Waals surface area contributed by atoms with Gasteiger partial charge in [-0.3, -0.25) is 4.79 Å². The van der Waals surface area contributed by atoms with E-state index in [1.165, 1.54) is 19.1 Å². The van der Waals surface area contributed by atoms with E-state index in [9.17, 15) is 13.2 Å². The van der Waals surface area contributed by atoms with Gasteiger partial charge in [0.25, 0.3) is 0 Å². The molecule has 122 valence electrons. The van der Waals surface area contributed by atoms with Gasteiger partial charge in [0.2, 0.25) is 15.9 Å². The number of rotatable bonds is 5. The Morgan fingerprint density at radius 2 is 1.78 bits per heavy atom. The predicted octanol–water partition coefficient (Wildman–Crippen LogP) is 2.95. The van der Waals surface area contributed by atoms with Crippen LogP contribution in [0, 0.1) is 6.92 Å². The van der Waals surface area contributed by atoms with E-state index in [-0.39, 0.29) is 4.90 Å². The molecule has 0 aliphatic heterocycles. The van der Waals surface area contributed by atoms with Crippen molar-refractivity contribution in [2.24, 2.45) is 0 Å². The summed E-state index contributed by atoms with van der Waals surface area (Å²) < 4.78 is 26.8. The standard InChI is InChI=1S/C16H17ClN2O3S/c1-11-10-13(17)8-9-15(11)18-16(20)12(2)19-23(21,22)14-6-4-3-5-7-14/h3-10,12,19H,1-2H3,(H,18,20)/t12-/m1/s1. The van der Waals surface area contributed by atoms with Crippen molar-refractivity contribution in [2.75, 3.05) is 5.32 Å². The van der Waals surface area contributed by atoms with Gasteiger partial charge in [0.1, 0.15) is 0 Å². The molecule has 0 saturated carbocycles. The second-order valence-electron chi connectivity index (χ2n) is 5.10. The highest BCUT2D eigenvalue weighted by Gasteiger charge is 2.22. The van der Waals surface area contributed by atoms with E-state index in [2.05, 4.69) is 10.0 Å². The molecule has 0 heterocycles. The number of anilines is 1. The smallest absolute Gasteiger partial charge is 0.242 e. The molecule has 5 nitrogen and oxygen atoms in total. The van der Waals surface area contributed by atoms with E-state index >= 15 is 0 Å². The SMILES string of the molecule is Cc1cc(Cl)ccc1NC(=O)[C@@H](C)NS(=O)(=O)c1ccccc1. The average Bonchev–Trinajstić information content (AvgIpc) is 2.50. The van der Waals surface area contributed by atoms with Crippen molar-refractivity contribution in [1.29, 1.82) is 0 Å². The highest BCUT2D eigenvalue weighted by atomic mass is 35.5. The summed E-state index contributed by atoms with van der Waals surface area (Å²) >= 11 is 5.87. The lowest BCUT2D eigenvalue weighted by molar-refractivity contribution is -0.117. The normalized spacial score (nSPS) is 12.7. The highest BCUT2D eigenvalue weighted by molar-refractivity contribution is 7.89. The van der Waals surface area contributed by atoms with Gasteiger partial charge in [-0.25, -0.2) is 8.42 Å². The van der Waals surface area contributed by atoms with Gasteiger partial charge < -0.3 is 5.32 Å². The van der Waals surface area contributed by atoms with Crippen LogP contribution < -0.4 is 10.0 Å². The summed E-state index contributed by atoms with van der Waals surface area (Å²) in [5.41, 5.74) is 1.38. The Morgan fingerprint density at radius 3 is 2.39 bits per heavy atom. The van der Waals surface area contributed by atoms with Gasteiger partial charge in [-0.1, -0.05) is 29.8 Å². The first-order valence-electron chi connectivity index (χ1n) is 6.94. The molecule has 0 radical (unpaired) electrons. The van der Waals surface area contributed by atoms with Crippen molar-refractivity contribution in [3.05, 3.63) is 59.1 Å². The van der Waals surface area contributed by atoms with Gasteiger partial charge in [0, 0.05) is 10.7 Å². The van der Waals surface area contributed by atoms with Crippen LogP contribution in [-0.2, 0) is 14.8 Å². The second-order valence-corrected chi connectivity index (χ2v) is 7.25. The van der Waals surface area contributed by atoms with Crippen LogP contribution in [0.25, 0.3) is 0 Å². The number of carbonyl (C=O) groups excluding carboxylic acids is 1. The molecule has 0 aliphatic rings. The van der Waals surface area contributed by atoms with E-state index in [1.807, 2.05) is 0 Å². The number of aryl methyl sites for hydroxylation is 1. The molecule has 2 aromatic carbocycles. The van der Waals surface area contributed by atoms with Gasteiger partial charge in [-0.2, -0.15) is 4.72 Å². The monoisotopic (exact) mass is 352 g/mol. The maximum absolute atomic E-state index is 12.2. The van der Waals surface area contributed by atoms with E-state index in [0.29, 0.717) is 10.7 Å². The number of benzene rings is 2. The summed E-state index contributed by atoms with van der Waals surface area (Å²) in [5.74, 6) is -0.449. The summed E-state index contributed by atoms with van der Waals surface area (Å²) in [5, 5.41) is 3.25. The van der Waals surface area contributed by atoms with Crippen LogP contribution in [0.3, 0.4) is 0 Å². The third kappa shape index (κ3) is 4.54. The molecule has 0 unspecified atom stereocenters. The summed E-state index contributed by atoms with van der Waals surface area (Å²) in [6.07, 6.45) is 0. The fourth-order valence-electron chi connectivity index (χ4n) is 1.96. The zero-order valence-corrected chi connectivity index (χ0v) is 14.3. The lowest BCUT2D eigenvalue weighted by Crippen LogP contribution is -2.41. The second kappa shape index (κ2) is 7.12. The van der Waals surface area contributed by atoms with Crippen molar-refractivity contribution >= 4 is 33.2 Å². The van der Waals surface area contributed by atoms with Crippen molar-refractivity contribution in [3.8, 4) is 0 Å². The molecule has 23 heavy (non-hydrogen) atoms. The lowest BCUT2D eigenvalue weighted by atomic mass is 10.2. The molecule has 1 atom stereocenters. The number of nitrogens with one attached hydrogen (secondary N) is 2. The van der Waals surface area contributed by atoms with Crippen LogP contribution in [0.15, 0.2) is 53.4 Å². The zero-order chi connectivity index (χ0) is 17.0. The molecule has 0 aromatic heterocycles. The number of hydrogen-bond donors (Lipinski definition) is 2. The van der Waals surface area contributed by atoms with Gasteiger partial charge in [-0.05, 0) is 49.7 Å². The number of hydrogen-bond acceptors (Lipinski definition) is 3. The van der Waals surface area contributed by atoms with Crippen molar-refractivity contribution in [1.82, 2.24) is 4.72 Å². The topological polar surface area (TPSA) is 75.3 Å². The van der Waals surface area contributed by atoms with Crippen LogP contribution in [0.2, 0.25) is 5.02 Å². The summed E-state index contributed by atoms with van der Waals surface area (Å²) in [6.45, 7) is 3.29. The molecule has 0 bridgehead atoms. The molecular formula is C16H17ClN2O3S. The zero-order valence-electron chi connectivity index (χ0n) is 12.7. The quantitative estimate of drug-likeness (QED) is 0.868. The number of sulfonamides is 1. The minimum atomic E-state index is -3.75. The van der Waals surface area contributed by atoms with E-state index < -0.39 is 22.0 Å². The third-order valence-corrected chi connectivity index (χ3v) is 5.02. The Kier molecular flexibility index (Phi) is 5.41. The average molecular weight is 353 g/mol. The van der Waals surface area contributed by atoms with Crippen molar-refractivity contribution in [2.45, 2.75) is 24.8 Å². The van der Waals surface area contributed by atoms with Gasteiger partial charge >= 0.3 is 0 Å². The van der Waals surface area contributed by atoms with E-state index in [1.54, 1.807) is 43.3 Å². The fraction of sp³-hybridized carbons (Fsp3) is 0.188. The van der Waals surface area contributed by atoms with Crippen LogP contribution in [0.1, 0.15) is 12.5 Å². The Hall–Kier alpha value is -1.89. The molecule has 2 rings (SSSR count). The largest absolute Gasteiger partial charge is 0.324 e. The molecule has 1 amide bonds. The van der Waals surface area contributed by atoms with Gasteiger partial charge in [0.05, 0.1) is 10.9 Å². The Morgan fingerprint density at radius 1 is 1.13 bits per heavy atom. The molecule has 2 N–H and O–H groups in total. The van der Waals surface area contributed by atoms with Crippen LogP contribution >= 0.6 is 11.6 Å². The number of carbonyl (C=O) groups is 1. The van der Waals surface area contributed by atoms with Crippen LogP contribution in [-0.4, -0.2) is 20.4 Å². The fourth-order valence-corrected chi connectivity index (χ4v) is 3.41. The van der Waals surface area contributed by atoms with Crippen molar-refractivity contribution in [3.63, 3.8) is 0 Å². The van der Waals surface area contributed by atoms with Crippen LogP contribution in [0.5, 0.6) is 0 Å². The van der Waals surface area contributed by atoms with Crippen molar-refractivity contribution < 1.29 is 13.2 Å². The molecule has 0 fully saturated rings. The molecule has 0 saturated heterocycles. The minimum Gasteiger partial charge on any atom is -0.324 e. The van der Waals surface area contributed by atoms with Gasteiger partial charge in [0.15, 0.2) is 0 Å². The Bertz CT molecular complexity index is 807. The van der Waals surface area contributed by atoms with Gasteiger partial charge in [-0.15, -0.1) is 0 Å². The van der Waals surface area contributed by atoms with Crippen LogP contribution in [0.4, 0.5) is 5.69 Å². The molecule has 2 aromatic rings. The molecule has 0 aliphatic carbocycles. The van der Waals surface area contributed by atoms with E-state index in [0.717, 1.165) is 5.56 Å². The molecular weight excluding hydrogens is 336 g/mol. The maximum Gasteiger partial charge on any atom is 0.242 e. The molecule has 7 heteroatoms. The van der Waals surface area contributed by atoms with E-state index in [4.69, 9.17) is 11.6 Å². The summed E-state index contributed by atoms with van der Waals surface area (Å²) in [6, 6.07) is 12.0. The summed E-state index contributed by atoms with van der Waals surface area (Å²) in [4.78, 5) is 12.3. The first-order chi connectivity index (χ1) is 10.8.